The molecule has 0 spiro atoms. The molecule has 1 unspecified atom stereocenters. The van der Waals surface area contributed by atoms with E-state index in [2.05, 4.69) is 17.2 Å². The zero-order valence-electron chi connectivity index (χ0n) is 12.4. The predicted octanol–water partition coefficient (Wildman–Crippen LogP) is 3.95. The number of nitrogens with one attached hydrogen (secondary N) is 1. The van der Waals surface area contributed by atoms with Gasteiger partial charge in [0.1, 0.15) is 0 Å². The minimum Gasteiger partial charge on any atom is -0.310 e. The van der Waals surface area contributed by atoms with Crippen LogP contribution in [0.2, 0.25) is 0 Å². The van der Waals surface area contributed by atoms with Gasteiger partial charge in [0.15, 0.2) is 11.6 Å². The maximum absolute atomic E-state index is 13.4. The van der Waals surface area contributed by atoms with Gasteiger partial charge in [-0.2, -0.15) is 0 Å². The quantitative estimate of drug-likeness (QED) is 0.871. The van der Waals surface area contributed by atoms with Crippen LogP contribution in [0.5, 0.6) is 0 Å². The molecule has 2 nitrogen and oxygen atoms in total. The van der Waals surface area contributed by atoms with E-state index in [1.807, 2.05) is 25.3 Å². The molecule has 1 aromatic carbocycles. The minimum absolute atomic E-state index is 0.0738. The fourth-order valence-corrected chi connectivity index (χ4v) is 2.18. The van der Waals surface area contributed by atoms with Crippen LogP contribution in [0.1, 0.15) is 36.2 Å². The Bertz CT molecular complexity index is 582. The molecular formula is C17H20F2N2. The van der Waals surface area contributed by atoms with E-state index in [1.54, 1.807) is 6.07 Å². The molecule has 0 aliphatic rings. The van der Waals surface area contributed by atoms with Crippen LogP contribution in [-0.4, -0.2) is 11.5 Å². The van der Waals surface area contributed by atoms with E-state index in [0.29, 0.717) is 6.42 Å². The van der Waals surface area contributed by atoms with Gasteiger partial charge in [0.25, 0.3) is 0 Å². The van der Waals surface area contributed by atoms with Crippen LogP contribution in [-0.2, 0) is 6.42 Å². The molecule has 2 aromatic rings. The Morgan fingerprint density at radius 2 is 1.95 bits per heavy atom. The van der Waals surface area contributed by atoms with Crippen molar-refractivity contribution in [2.75, 3.05) is 6.54 Å². The van der Waals surface area contributed by atoms with Crippen LogP contribution < -0.4 is 5.32 Å². The van der Waals surface area contributed by atoms with E-state index in [4.69, 9.17) is 0 Å². The van der Waals surface area contributed by atoms with Gasteiger partial charge < -0.3 is 5.32 Å². The summed E-state index contributed by atoms with van der Waals surface area (Å²) in [5.74, 6) is -1.63. The molecule has 0 radical (unpaired) electrons. The number of hydrogen-bond acceptors (Lipinski definition) is 2. The molecule has 0 amide bonds. The van der Waals surface area contributed by atoms with Crippen molar-refractivity contribution in [3.63, 3.8) is 0 Å². The fourth-order valence-electron chi connectivity index (χ4n) is 2.18. The minimum atomic E-state index is -0.818. The summed E-state index contributed by atoms with van der Waals surface area (Å²) in [6.07, 6.45) is 3.43. The van der Waals surface area contributed by atoms with Crippen molar-refractivity contribution in [3.05, 3.63) is 65.0 Å². The SMILES string of the molecule is CCCNC(Cc1ccc(C)cn1)c1ccc(F)c(F)c1. The van der Waals surface area contributed by atoms with Gasteiger partial charge in [0.05, 0.1) is 0 Å². The third-order valence-electron chi connectivity index (χ3n) is 3.37. The second-order valence-electron chi connectivity index (χ2n) is 5.21. The second kappa shape index (κ2) is 7.27. The zero-order valence-corrected chi connectivity index (χ0v) is 12.4. The van der Waals surface area contributed by atoms with Crippen molar-refractivity contribution in [3.8, 4) is 0 Å². The maximum Gasteiger partial charge on any atom is 0.159 e. The van der Waals surface area contributed by atoms with Gasteiger partial charge in [-0.3, -0.25) is 4.98 Å². The van der Waals surface area contributed by atoms with Gasteiger partial charge >= 0.3 is 0 Å². The predicted molar refractivity (Wildman–Crippen MR) is 80.1 cm³/mol. The molecule has 1 heterocycles. The summed E-state index contributed by atoms with van der Waals surface area (Å²) in [5.41, 5.74) is 2.77. The lowest BCUT2D eigenvalue weighted by molar-refractivity contribution is 0.492. The summed E-state index contributed by atoms with van der Waals surface area (Å²) < 4.78 is 26.5. The first-order valence-electron chi connectivity index (χ1n) is 7.20. The fraction of sp³-hybridized carbons (Fsp3) is 0.353. The molecule has 2 rings (SSSR count). The van der Waals surface area contributed by atoms with E-state index in [0.717, 1.165) is 29.8 Å². The van der Waals surface area contributed by atoms with Gasteiger partial charge in [-0.15, -0.1) is 0 Å². The van der Waals surface area contributed by atoms with Gasteiger partial charge in [-0.25, -0.2) is 8.78 Å². The molecule has 1 N–H and O–H groups in total. The molecular weight excluding hydrogens is 270 g/mol. The average molecular weight is 290 g/mol. The number of benzene rings is 1. The van der Waals surface area contributed by atoms with E-state index in [1.165, 1.54) is 12.1 Å². The molecule has 0 aliphatic heterocycles. The van der Waals surface area contributed by atoms with Crippen molar-refractivity contribution >= 4 is 0 Å². The van der Waals surface area contributed by atoms with Crippen molar-refractivity contribution in [1.82, 2.24) is 10.3 Å². The lowest BCUT2D eigenvalue weighted by Crippen LogP contribution is -2.24. The Balaban J connectivity index is 2.20. The van der Waals surface area contributed by atoms with Crippen LogP contribution in [0, 0.1) is 18.6 Å². The number of hydrogen-bond donors (Lipinski definition) is 1. The standard InChI is InChI=1S/C17H20F2N2/c1-3-8-20-17(10-14-6-4-12(2)11-21-14)13-5-7-15(18)16(19)9-13/h4-7,9,11,17,20H,3,8,10H2,1-2H3. The monoisotopic (exact) mass is 290 g/mol. The van der Waals surface area contributed by atoms with Crippen molar-refractivity contribution < 1.29 is 8.78 Å². The lowest BCUT2D eigenvalue weighted by atomic mass is 10.0. The smallest absolute Gasteiger partial charge is 0.159 e. The van der Waals surface area contributed by atoms with Gasteiger partial charge in [0, 0.05) is 24.4 Å². The highest BCUT2D eigenvalue weighted by atomic mass is 19.2. The highest BCUT2D eigenvalue weighted by molar-refractivity contribution is 5.23. The molecule has 1 atom stereocenters. The average Bonchev–Trinajstić information content (AvgIpc) is 2.48. The Labute approximate surface area is 124 Å². The van der Waals surface area contributed by atoms with E-state index < -0.39 is 11.6 Å². The maximum atomic E-state index is 13.4. The Morgan fingerprint density at radius 3 is 2.57 bits per heavy atom. The van der Waals surface area contributed by atoms with Crippen molar-refractivity contribution in [1.29, 1.82) is 0 Å². The molecule has 0 fully saturated rings. The van der Waals surface area contributed by atoms with Gasteiger partial charge in [0.2, 0.25) is 0 Å². The van der Waals surface area contributed by atoms with Crippen LogP contribution in [0.25, 0.3) is 0 Å². The molecule has 1 aromatic heterocycles. The Morgan fingerprint density at radius 1 is 1.14 bits per heavy atom. The summed E-state index contributed by atoms with van der Waals surface area (Å²) in [6, 6.07) is 7.96. The second-order valence-corrected chi connectivity index (χ2v) is 5.21. The number of pyridine rings is 1. The van der Waals surface area contributed by atoms with E-state index >= 15 is 0 Å². The van der Waals surface area contributed by atoms with Gasteiger partial charge in [-0.1, -0.05) is 19.1 Å². The molecule has 4 heteroatoms. The summed E-state index contributed by atoms with van der Waals surface area (Å²) in [4.78, 5) is 4.38. The highest BCUT2D eigenvalue weighted by Gasteiger charge is 2.14. The summed E-state index contributed by atoms with van der Waals surface area (Å²) in [6.45, 7) is 4.87. The lowest BCUT2D eigenvalue weighted by Gasteiger charge is -2.19. The van der Waals surface area contributed by atoms with Crippen molar-refractivity contribution in [2.45, 2.75) is 32.7 Å². The van der Waals surface area contributed by atoms with E-state index in [-0.39, 0.29) is 6.04 Å². The van der Waals surface area contributed by atoms with Crippen LogP contribution in [0.3, 0.4) is 0 Å². The first-order valence-corrected chi connectivity index (χ1v) is 7.20. The summed E-state index contributed by atoms with van der Waals surface area (Å²) in [7, 11) is 0. The topological polar surface area (TPSA) is 24.9 Å². The molecule has 112 valence electrons. The van der Waals surface area contributed by atoms with Crippen LogP contribution in [0.15, 0.2) is 36.5 Å². The number of rotatable bonds is 6. The van der Waals surface area contributed by atoms with Crippen LogP contribution >= 0.6 is 0 Å². The third kappa shape index (κ3) is 4.33. The normalized spacial score (nSPS) is 12.4. The molecule has 0 bridgehead atoms. The number of aryl methyl sites for hydroxylation is 1. The number of aromatic nitrogens is 1. The summed E-state index contributed by atoms with van der Waals surface area (Å²) in [5, 5.41) is 3.37. The number of nitrogens with zero attached hydrogens (tertiary/aromatic N) is 1. The molecule has 0 saturated heterocycles. The zero-order chi connectivity index (χ0) is 15.2. The molecule has 0 saturated carbocycles. The van der Waals surface area contributed by atoms with Crippen LogP contribution in [0.4, 0.5) is 8.78 Å². The molecule has 0 aliphatic carbocycles. The largest absolute Gasteiger partial charge is 0.310 e. The molecule has 21 heavy (non-hydrogen) atoms. The first kappa shape index (κ1) is 15.6. The van der Waals surface area contributed by atoms with Gasteiger partial charge in [-0.05, 0) is 49.2 Å². The summed E-state index contributed by atoms with van der Waals surface area (Å²) >= 11 is 0. The first-order chi connectivity index (χ1) is 10.1. The Kier molecular flexibility index (Phi) is 5.39. The highest BCUT2D eigenvalue weighted by Crippen LogP contribution is 2.20. The third-order valence-corrected chi connectivity index (χ3v) is 3.37. The number of halogens is 2. The van der Waals surface area contributed by atoms with Crippen molar-refractivity contribution in [2.24, 2.45) is 0 Å². The Hall–Kier alpha value is -1.81. The van der Waals surface area contributed by atoms with E-state index in [9.17, 15) is 8.78 Å².